The molecule has 1 aromatic carbocycles. The van der Waals surface area contributed by atoms with Crippen LogP contribution in [0.25, 0.3) is 0 Å². The molecule has 7 nitrogen and oxygen atoms in total. The van der Waals surface area contributed by atoms with Crippen molar-refractivity contribution in [1.29, 1.82) is 0 Å². The summed E-state index contributed by atoms with van der Waals surface area (Å²) in [5, 5.41) is 22.6. The number of hydrogen-bond donors (Lipinski definition) is 3. The molecule has 2 amide bonds. The molecular weight excluding hydrogens is 360 g/mol. The lowest BCUT2D eigenvalue weighted by Gasteiger charge is -2.30. The lowest BCUT2D eigenvalue weighted by atomic mass is 9.97. The molecule has 3 atom stereocenters. The van der Waals surface area contributed by atoms with Crippen LogP contribution in [0.4, 0.5) is 0 Å². The van der Waals surface area contributed by atoms with Crippen LogP contribution in [0.3, 0.4) is 0 Å². The molecule has 0 aliphatic rings. The number of nitrogens with zero attached hydrogens (tertiary/aromatic N) is 1. The summed E-state index contributed by atoms with van der Waals surface area (Å²) in [5.74, 6) is -3.01. The third-order valence-corrected chi connectivity index (χ3v) is 4.89. The third kappa shape index (κ3) is 6.96. The van der Waals surface area contributed by atoms with Gasteiger partial charge in [-0.25, -0.2) is 9.86 Å². The van der Waals surface area contributed by atoms with Crippen LogP contribution in [0.1, 0.15) is 52.5 Å². The van der Waals surface area contributed by atoms with Gasteiger partial charge < -0.3 is 10.4 Å². The summed E-state index contributed by atoms with van der Waals surface area (Å²) in [6, 6.07) is 7.48. The number of amides is 2. The predicted molar refractivity (Wildman–Crippen MR) is 106 cm³/mol. The number of benzene rings is 1. The highest BCUT2D eigenvalue weighted by Crippen LogP contribution is 2.15. The molecule has 0 fully saturated rings. The molecule has 0 spiro atoms. The number of carboxylic acid groups (broad SMARTS) is 1. The van der Waals surface area contributed by atoms with Gasteiger partial charge in [-0.3, -0.25) is 14.8 Å². The molecule has 28 heavy (non-hydrogen) atoms. The van der Waals surface area contributed by atoms with Crippen LogP contribution in [0, 0.1) is 11.8 Å². The van der Waals surface area contributed by atoms with Gasteiger partial charge >= 0.3 is 5.97 Å². The Morgan fingerprint density at radius 1 is 1.11 bits per heavy atom. The molecule has 0 aromatic heterocycles. The van der Waals surface area contributed by atoms with Crippen LogP contribution in [0.2, 0.25) is 0 Å². The lowest BCUT2D eigenvalue weighted by Crippen LogP contribution is -2.55. The summed E-state index contributed by atoms with van der Waals surface area (Å²) >= 11 is 0. The van der Waals surface area contributed by atoms with Crippen molar-refractivity contribution in [3.63, 3.8) is 0 Å². The van der Waals surface area contributed by atoms with E-state index in [-0.39, 0.29) is 18.3 Å². The Hall–Kier alpha value is -2.41. The zero-order chi connectivity index (χ0) is 21.3. The zero-order valence-electron chi connectivity index (χ0n) is 17.1. The molecule has 0 bridgehead atoms. The van der Waals surface area contributed by atoms with Gasteiger partial charge in [0.25, 0.3) is 0 Å². The Bertz CT molecular complexity index is 647. The van der Waals surface area contributed by atoms with E-state index in [4.69, 9.17) is 0 Å². The highest BCUT2D eigenvalue weighted by Gasteiger charge is 2.35. The number of aryl methyl sites for hydroxylation is 1. The van der Waals surface area contributed by atoms with Crippen LogP contribution in [-0.4, -0.2) is 45.2 Å². The van der Waals surface area contributed by atoms with Crippen molar-refractivity contribution in [3.8, 4) is 0 Å². The Morgan fingerprint density at radius 3 is 2.21 bits per heavy atom. The predicted octanol–water partition coefficient (Wildman–Crippen LogP) is 2.87. The lowest BCUT2D eigenvalue weighted by molar-refractivity contribution is -0.184. The van der Waals surface area contributed by atoms with Gasteiger partial charge in [-0.2, -0.15) is 0 Å². The smallest absolute Gasteiger partial charge is 0.326 e. The summed E-state index contributed by atoms with van der Waals surface area (Å²) in [7, 11) is 0. The molecule has 1 aromatic rings. The maximum absolute atomic E-state index is 12.6. The minimum absolute atomic E-state index is 0.0929. The molecule has 0 saturated heterocycles. The summed E-state index contributed by atoms with van der Waals surface area (Å²) in [6.45, 7) is 6.96. The molecule has 0 radical (unpaired) electrons. The first-order chi connectivity index (χ1) is 13.2. The first-order valence-electron chi connectivity index (χ1n) is 9.77. The Morgan fingerprint density at radius 2 is 1.71 bits per heavy atom. The second kappa shape index (κ2) is 11.4. The minimum Gasteiger partial charge on any atom is -0.480 e. The molecular formula is C21H32N2O5. The van der Waals surface area contributed by atoms with Gasteiger partial charge in [0.2, 0.25) is 11.8 Å². The molecule has 1 rings (SSSR count). The molecule has 0 saturated carbocycles. The normalized spacial score (nSPS) is 14.2. The van der Waals surface area contributed by atoms with Crippen LogP contribution in [-0.2, 0) is 20.8 Å². The topological polar surface area (TPSA) is 107 Å². The third-order valence-electron chi connectivity index (χ3n) is 4.89. The average molecular weight is 392 g/mol. The second-order valence-electron chi connectivity index (χ2n) is 7.48. The van der Waals surface area contributed by atoms with E-state index in [1.165, 1.54) is 0 Å². The molecule has 0 heterocycles. The minimum atomic E-state index is -1.14. The molecule has 0 aliphatic carbocycles. The fourth-order valence-corrected chi connectivity index (χ4v) is 2.98. The largest absolute Gasteiger partial charge is 0.480 e. The van der Waals surface area contributed by atoms with E-state index >= 15 is 0 Å². The number of carbonyl (C=O) groups excluding carboxylic acids is 2. The quantitative estimate of drug-likeness (QED) is 0.396. The van der Waals surface area contributed by atoms with E-state index < -0.39 is 29.9 Å². The Labute approximate surface area is 166 Å². The van der Waals surface area contributed by atoms with Crippen LogP contribution in [0.15, 0.2) is 30.3 Å². The van der Waals surface area contributed by atoms with Crippen molar-refractivity contribution >= 4 is 17.8 Å². The van der Waals surface area contributed by atoms with Crippen molar-refractivity contribution in [2.45, 2.75) is 65.5 Å². The van der Waals surface area contributed by atoms with Gasteiger partial charge in [-0.15, -0.1) is 0 Å². The highest BCUT2D eigenvalue weighted by molar-refractivity contribution is 5.90. The molecule has 7 heteroatoms. The van der Waals surface area contributed by atoms with Gasteiger partial charge in [0.05, 0.1) is 0 Å². The summed E-state index contributed by atoms with van der Waals surface area (Å²) in [4.78, 5) is 36.5. The van der Waals surface area contributed by atoms with Crippen LogP contribution < -0.4 is 5.32 Å². The van der Waals surface area contributed by atoms with Gasteiger partial charge in [-0.1, -0.05) is 64.4 Å². The number of aliphatic carboxylic acids is 1. The number of hydroxylamine groups is 2. The number of hydrogen-bond acceptors (Lipinski definition) is 4. The van der Waals surface area contributed by atoms with Gasteiger partial charge in [0.15, 0.2) is 0 Å². The fourth-order valence-electron chi connectivity index (χ4n) is 2.98. The number of nitrogens with one attached hydrogen (secondary N) is 1. The van der Waals surface area contributed by atoms with Crippen molar-refractivity contribution in [1.82, 2.24) is 10.4 Å². The van der Waals surface area contributed by atoms with E-state index in [9.17, 15) is 24.7 Å². The van der Waals surface area contributed by atoms with E-state index in [0.29, 0.717) is 24.3 Å². The standard InChI is InChI=1S/C21H32N2O5/c1-5-15(4)18(21(26)27)22-20(25)19(14(2)3)23(28)17(24)13-9-12-16-10-7-6-8-11-16/h6-8,10-11,14-15,18-19,28H,5,9,12-13H2,1-4H3,(H,22,25)(H,26,27)/t15-,18-,19-/m0/s1. The van der Waals surface area contributed by atoms with Crippen molar-refractivity contribution < 1.29 is 24.7 Å². The van der Waals surface area contributed by atoms with Crippen LogP contribution >= 0.6 is 0 Å². The van der Waals surface area contributed by atoms with Gasteiger partial charge in [0, 0.05) is 6.42 Å². The number of rotatable bonds is 11. The van der Waals surface area contributed by atoms with Crippen molar-refractivity contribution in [2.75, 3.05) is 0 Å². The maximum Gasteiger partial charge on any atom is 0.326 e. The highest BCUT2D eigenvalue weighted by atomic mass is 16.5. The van der Waals surface area contributed by atoms with E-state index in [1.54, 1.807) is 20.8 Å². The Balaban J connectivity index is 2.72. The van der Waals surface area contributed by atoms with E-state index in [1.807, 2.05) is 37.3 Å². The van der Waals surface area contributed by atoms with Gasteiger partial charge in [-0.05, 0) is 30.2 Å². The number of carbonyl (C=O) groups is 3. The molecule has 0 aliphatic heterocycles. The summed E-state index contributed by atoms with van der Waals surface area (Å²) in [5.41, 5.74) is 1.09. The monoisotopic (exact) mass is 392 g/mol. The summed E-state index contributed by atoms with van der Waals surface area (Å²) in [6.07, 6.45) is 1.89. The zero-order valence-corrected chi connectivity index (χ0v) is 17.1. The fraction of sp³-hybridized carbons (Fsp3) is 0.571. The van der Waals surface area contributed by atoms with E-state index in [2.05, 4.69) is 5.32 Å². The SMILES string of the molecule is CC[C@H](C)[C@H](NC(=O)[C@H](C(C)C)N(O)C(=O)CCCc1ccccc1)C(=O)O. The molecule has 3 N–H and O–H groups in total. The first-order valence-corrected chi connectivity index (χ1v) is 9.77. The first kappa shape index (κ1) is 23.6. The molecule has 156 valence electrons. The van der Waals surface area contributed by atoms with Crippen molar-refractivity contribution in [2.24, 2.45) is 11.8 Å². The van der Waals surface area contributed by atoms with E-state index in [0.717, 1.165) is 5.56 Å². The summed E-state index contributed by atoms with van der Waals surface area (Å²) < 4.78 is 0. The van der Waals surface area contributed by atoms with Crippen LogP contribution in [0.5, 0.6) is 0 Å². The number of carboxylic acids is 1. The Kier molecular flexibility index (Phi) is 9.65. The maximum atomic E-state index is 12.6. The van der Waals surface area contributed by atoms with Crippen molar-refractivity contribution in [3.05, 3.63) is 35.9 Å². The van der Waals surface area contributed by atoms with Gasteiger partial charge in [0.1, 0.15) is 12.1 Å². The average Bonchev–Trinajstić information content (AvgIpc) is 2.65. The second-order valence-corrected chi connectivity index (χ2v) is 7.48. The molecule has 0 unspecified atom stereocenters.